The van der Waals surface area contributed by atoms with E-state index in [0.717, 1.165) is 6.07 Å². The van der Waals surface area contributed by atoms with E-state index in [0.29, 0.717) is 38.4 Å². The highest BCUT2D eigenvalue weighted by Gasteiger charge is 2.46. The van der Waals surface area contributed by atoms with Crippen LogP contribution in [0.15, 0.2) is 24.3 Å². The fraction of sp³-hybridized carbons (Fsp3) is 0.700. The van der Waals surface area contributed by atoms with Gasteiger partial charge in [0.05, 0.1) is 24.3 Å². The minimum atomic E-state index is -4.36. The molecule has 0 bridgehead atoms. The zero-order valence-corrected chi connectivity index (χ0v) is 16.8. The first kappa shape index (κ1) is 22.3. The van der Waals surface area contributed by atoms with Crippen molar-refractivity contribution in [3.05, 3.63) is 29.8 Å². The van der Waals surface area contributed by atoms with Crippen molar-refractivity contribution in [2.45, 2.75) is 50.4 Å². The molecule has 0 aromatic heterocycles. The average Bonchev–Trinajstić information content (AvgIpc) is 3.01. The second-order valence-corrected chi connectivity index (χ2v) is 8.01. The molecule has 2 fully saturated rings. The summed E-state index contributed by atoms with van der Waals surface area (Å²) in [6.45, 7) is 6.66. The molecule has 1 aromatic rings. The van der Waals surface area contributed by atoms with E-state index in [1.54, 1.807) is 6.07 Å². The summed E-state index contributed by atoms with van der Waals surface area (Å²) >= 11 is 0. The van der Waals surface area contributed by atoms with E-state index >= 15 is 0 Å². The molecule has 0 unspecified atom stereocenters. The maximum absolute atomic E-state index is 13.0. The topological polar surface area (TPSA) is 68.2 Å². The first-order chi connectivity index (χ1) is 13.7. The minimum absolute atomic E-state index is 0.250. The van der Waals surface area contributed by atoms with Crippen LogP contribution in [-0.4, -0.2) is 84.8 Å². The van der Waals surface area contributed by atoms with Crippen molar-refractivity contribution in [3.8, 4) is 0 Å². The number of nitrogens with one attached hydrogen (secondary N) is 1. The average molecular weight is 417 g/mol. The number of ether oxygens (including phenoxy) is 1. The SMILES string of the molecule is CC(C)NC[C@@H]1O[C@@H](CO)[C@@H](O)[C@H]1N1CCN(c2cccc(C(F)(F)F)c2)CC1. The largest absolute Gasteiger partial charge is 0.416 e. The van der Waals surface area contributed by atoms with Crippen LogP contribution in [0, 0.1) is 0 Å². The highest BCUT2D eigenvalue weighted by Crippen LogP contribution is 2.32. The van der Waals surface area contributed by atoms with E-state index < -0.39 is 23.9 Å². The first-order valence-electron chi connectivity index (χ1n) is 10.0. The van der Waals surface area contributed by atoms with Crippen molar-refractivity contribution in [3.63, 3.8) is 0 Å². The molecule has 1 aromatic carbocycles. The molecule has 4 atom stereocenters. The molecule has 2 saturated heterocycles. The van der Waals surface area contributed by atoms with E-state index in [1.807, 2.05) is 18.7 Å². The Morgan fingerprint density at radius 1 is 1.17 bits per heavy atom. The van der Waals surface area contributed by atoms with E-state index in [4.69, 9.17) is 4.74 Å². The molecule has 3 N–H and O–H groups in total. The maximum Gasteiger partial charge on any atom is 0.416 e. The maximum atomic E-state index is 13.0. The van der Waals surface area contributed by atoms with Gasteiger partial charge in [-0.25, -0.2) is 0 Å². The molecule has 2 aliphatic rings. The van der Waals surface area contributed by atoms with Gasteiger partial charge in [0.2, 0.25) is 0 Å². The molecule has 3 rings (SSSR count). The molecule has 0 amide bonds. The van der Waals surface area contributed by atoms with Gasteiger partial charge in [-0.1, -0.05) is 19.9 Å². The molecule has 0 saturated carbocycles. The van der Waals surface area contributed by atoms with Crippen molar-refractivity contribution >= 4 is 5.69 Å². The number of anilines is 1. The predicted molar refractivity (Wildman–Crippen MR) is 104 cm³/mol. The number of benzene rings is 1. The number of hydrogen-bond donors (Lipinski definition) is 3. The molecule has 2 aliphatic heterocycles. The summed E-state index contributed by atoms with van der Waals surface area (Å²) in [7, 11) is 0. The van der Waals surface area contributed by atoms with Crippen molar-refractivity contribution in [1.82, 2.24) is 10.2 Å². The summed E-state index contributed by atoms with van der Waals surface area (Å²) in [6, 6.07) is 5.38. The number of aliphatic hydroxyl groups is 2. The Balaban J connectivity index is 1.65. The molecule has 29 heavy (non-hydrogen) atoms. The summed E-state index contributed by atoms with van der Waals surface area (Å²) in [6.07, 6.45) is -6.05. The lowest BCUT2D eigenvalue weighted by Crippen LogP contribution is -2.57. The molecule has 6 nitrogen and oxygen atoms in total. The second-order valence-electron chi connectivity index (χ2n) is 8.01. The number of halogens is 3. The van der Waals surface area contributed by atoms with Crippen LogP contribution in [0.1, 0.15) is 19.4 Å². The smallest absolute Gasteiger partial charge is 0.394 e. The molecule has 0 aliphatic carbocycles. The van der Waals surface area contributed by atoms with E-state index in [-0.39, 0.29) is 24.8 Å². The summed E-state index contributed by atoms with van der Waals surface area (Å²) in [5, 5.41) is 23.5. The summed E-state index contributed by atoms with van der Waals surface area (Å²) in [5.74, 6) is 0. The van der Waals surface area contributed by atoms with Gasteiger partial charge in [-0.15, -0.1) is 0 Å². The van der Waals surface area contributed by atoms with Crippen molar-refractivity contribution in [2.75, 3.05) is 44.2 Å². The van der Waals surface area contributed by atoms with Crippen LogP contribution in [0.5, 0.6) is 0 Å². The van der Waals surface area contributed by atoms with Gasteiger partial charge in [0.1, 0.15) is 12.2 Å². The Morgan fingerprint density at radius 3 is 2.45 bits per heavy atom. The number of alkyl halides is 3. The van der Waals surface area contributed by atoms with Crippen LogP contribution >= 0.6 is 0 Å². The van der Waals surface area contributed by atoms with Gasteiger partial charge in [-0.05, 0) is 18.2 Å². The lowest BCUT2D eigenvalue weighted by Gasteiger charge is -2.41. The Morgan fingerprint density at radius 2 is 1.86 bits per heavy atom. The summed E-state index contributed by atoms with van der Waals surface area (Å²) < 4.78 is 44.8. The highest BCUT2D eigenvalue weighted by atomic mass is 19.4. The second kappa shape index (κ2) is 9.18. The molecular formula is C20H30F3N3O3. The third-order valence-corrected chi connectivity index (χ3v) is 5.64. The Kier molecular flexibility index (Phi) is 7.06. The van der Waals surface area contributed by atoms with Gasteiger partial charge in [-0.3, -0.25) is 4.90 Å². The Hall–Kier alpha value is -1.39. The van der Waals surface area contributed by atoms with Gasteiger partial charge in [-0.2, -0.15) is 13.2 Å². The molecule has 2 heterocycles. The number of rotatable bonds is 6. The number of aliphatic hydroxyl groups excluding tert-OH is 2. The lowest BCUT2D eigenvalue weighted by atomic mass is 10.0. The fourth-order valence-electron chi connectivity index (χ4n) is 4.11. The lowest BCUT2D eigenvalue weighted by molar-refractivity contribution is -0.137. The zero-order chi connectivity index (χ0) is 21.2. The monoisotopic (exact) mass is 417 g/mol. The minimum Gasteiger partial charge on any atom is -0.394 e. The summed E-state index contributed by atoms with van der Waals surface area (Å²) in [5.41, 5.74) is -0.100. The van der Waals surface area contributed by atoms with Crippen LogP contribution in [0.25, 0.3) is 0 Å². The number of hydrogen-bond acceptors (Lipinski definition) is 6. The molecule has 0 spiro atoms. The normalized spacial score (nSPS) is 29.0. The zero-order valence-electron chi connectivity index (χ0n) is 16.8. The van der Waals surface area contributed by atoms with Crippen LogP contribution in [-0.2, 0) is 10.9 Å². The fourth-order valence-corrected chi connectivity index (χ4v) is 4.11. The van der Waals surface area contributed by atoms with Crippen LogP contribution in [0.3, 0.4) is 0 Å². The molecule has 0 radical (unpaired) electrons. The van der Waals surface area contributed by atoms with Gasteiger partial charge in [0.25, 0.3) is 0 Å². The summed E-state index contributed by atoms with van der Waals surface area (Å²) in [4.78, 5) is 4.05. The molecule has 9 heteroatoms. The number of piperazine rings is 1. The highest BCUT2D eigenvalue weighted by molar-refractivity contribution is 5.49. The van der Waals surface area contributed by atoms with Crippen molar-refractivity contribution < 1.29 is 28.1 Å². The van der Waals surface area contributed by atoms with E-state index in [9.17, 15) is 23.4 Å². The van der Waals surface area contributed by atoms with Crippen LogP contribution in [0.2, 0.25) is 0 Å². The van der Waals surface area contributed by atoms with Crippen molar-refractivity contribution in [1.29, 1.82) is 0 Å². The Labute approximate surface area is 169 Å². The van der Waals surface area contributed by atoms with Crippen molar-refractivity contribution in [2.24, 2.45) is 0 Å². The van der Waals surface area contributed by atoms with E-state index in [1.165, 1.54) is 12.1 Å². The third-order valence-electron chi connectivity index (χ3n) is 5.64. The predicted octanol–water partition coefficient (Wildman–Crippen LogP) is 1.31. The van der Waals surface area contributed by atoms with Crippen LogP contribution < -0.4 is 10.2 Å². The standard InChI is InChI=1S/C20H30F3N3O3/c1-13(2)24-11-16-18(19(28)17(12-27)29-16)26-8-6-25(7-9-26)15-5-3-4-14(10-15)20(21,22)23/h3-5,10,13,16-19,24,27-28H,6-9,11-12H2,1-2H3/t16-,17-,18-,19+/m0/s1. The van der Waals surface area contributed by atoms with Gasteiger partial charge >= 0.3 is 6.18 Å². The first-order valence-corrected chi connectivity index (χ1v) is 10.0. The quantitative estimate of drug-likeness (QED) is 0.649. The van der Waals surface area contributed by atoms with E-state index in [2.05, 4.69) is 10.2 Å². The van der Waals surface area contributed by atoms with Gasteiger partial charge in [0.15, 0.2) is 0 Å². The molecular weight excluding hydrogens is 387 g/mol. The Bertz CT molecular complexity index is 666. The van der Waals surface area contributed by atoms with Gasteiger partial charge < -0.3 is 25.2 Å². The van der Waals surface area contributed by atoms with Crippen LogP contribution in [0.4, 0.5) is 18.9 Å². The molecule has 164 valence electrons. The van der Waals surface area contributed by atoms with Gasteiger partial charge in [0, 0.05) is 44.5 Å². The third kappa shape index (κ3) is 5.21. The number of nitrogens with zero attached hydrogens (tertiary/aromatic N) is 2.